The number of carbonyl (C=O) groups is 5. The van der Waals surface area contributed by atoms with Gasteiger partial charge in [-0.25, -0.2) is 0 Å². The highest BCUT2D eigenvalue weighted by Crippen LogP contribution is 2.39. The molecule has 0 N–H and O–H groups in total. The predicted molar refractivity (Wildman–Crippen MR) is 155 cm³/mol. The summed E-state index contributed by atoms with van der Waals surface area (Å²) in [5.74, 6) is -2.66. The monoisotopic (exact) mass is 629 g/mol. The molecule has 5 atom stereocenters. The van der Waals surface area contributed by atoms with Gasteiger partial charge in [-0.05, 0) is 43.3 Å². The van der Waals surface area contributed by atoms with E-state index in [-0.39, 0.29) is 16.4 Å². The van der Waals surface area contributed by atoms with E-state index < -0.39 is 61.1 Å². The van der Waals surface area contributed by atoms with Gasteiger partial charge in [-0.2, -0.15) is 0 Å². The average Bonchev–Trinajstić information content (AvgIpc) is 3.34. The Labute approximate surface area is 258 Å². The lowest BCUT2D eigenvalue weighted by molar-refractivity contribution is -0.267. The van der Waals surface area contributed by atoms with Crippen molar-refractivity contribution in [3.8, 4) is 5.75 Å². The van der Waals surface area contributed by atoms with Gasteiger partial charge in [-0.1, -0.05) is 17.7 Å². The maximum absolute atomic E-state index is 13.8. The van der Waals surface area contributed by atoms with Crippen molar-refractivity contribution in [3.05, 3.63) is 64.8 Å². The molecule has 13 heteroatoms. The fourth-order valence-electron chi connectivity index (χ4n) is 5.10. The van der Waals surface area contributed by atoms with Crippen molar-refractivity contribution in [1.82, 2.24) is 4.57 Å². The minimum absolute atomic E-state index is 0.211. The van der Waals surface area contributed by atoms with E-state index in [9.17, 15) is 24.0 Å². The maximum Gasteiger partial charge on any atom is 0.303 e. The zero-order valence-electron chi connectivity index (χ0n) is 24.7. The quantitative estimate of drug-likeness (QED) is 0.181. The minimum atomic E-state index is -1.39. The van der Waals surface area contributed by atoms with Gasteiger partial charge in [0.2, 0.25) is 0 Å². The first-order chi connectivity index (χ1) is 20.9. The third-order valence-electron chi connectivity index (χ3n) is 6.72. The fraction of sp³-hybridized carbons (Fsp3) is 0.387. The van der Waals surface area contributed by atoms with Crippen LogP contribution >= 0.6 is 11.6 Å². The van der Waals surface area contributed by atoms with E-state index in [1.165, 1.54) is 17.7 Å². The van der Waals surface area contributed by atoms with E-state index in [1.807, 2.05) is 6.92 Å². The molecule has 1 aliphatic heterocycles. The molecular formula is C31H32ClNO11. The molecule has 2 heterocycles. The van der Waals surface area contributed by atoms with Gasteiger partial charge < -0.3 is 33.0 Å². The van der Waals surface area contributed by atoms with Crippen LogP contribution in [0.2, 0.25) is 5.02 Å². The number of hydrogen-bond acceptors (Lipinski definition) is 11. The Morgan fingerprint density at radius 2 is 1.43 bits per heavy atom. The number of esters is 4. The molecule has 0 saturated carbocycles. The zero-order chi connectivity index (χ0) is 32.1. The van der Waals surface area contributed by atoms with E-state index in [4.69, 9.17) is 40.0 Å². The molecule has 4 rings (SSSR count). The summed E-state index contributed by atoms with van der Waals surface area (Å²) in [6.45, 7) is 6.54. The first-order valence-corrected chi connectivity index (χ1v) is 14.2. The van der Waals surface area contributed by atoms with Gasteiger partial charge in [0, 0.05) is 50.4 Å². The molecule has 1 aromatic heterocycles. The number of fused-ring (bicyclic) bond motifs is 1. The summed E-state index contributed by atoms with van der Waals surface area (Å²) in [5.41, 5.74) is 0.990. The summed E-state index contributed by atoms with van der Waals surface area (Å²) < 4.78 is 35.2. The largest absolute Gasteiger partial charge is 0.494 e. The summed E-state index contributed by atoms with van der Waals surface area (Å²) in [6, 6.07) is 11.6. The van der Waals surface area contributed by atoms with E-state index in [2.05, 4.69) is 0 Å². The first-order valence-electron chi connectivity index (χ1n) is 13.8. The second-order valence-electron chi connectivity index (χ2n) is 9.96. The summed E-state index contributed by atoms with van der Waals surface area (Å²) in [7, 11) is 0. The van der Waals surface area contributed by atoms with Crippen molar-refractivity contribution < 1.29 is 52.4 Å². The van der Waals surface area contributed by atoms with Gasteiger partial charge in [-0.15, -0.1) is 0 Å². The molecule has 2 aromatic carbocycles. The number of ether oxygens (including phenoxy) is 6. The Balaban J connectivity index is 1.89. The third-order valence-corrected chi connectivity index (χ3v) is 7.03. The summed E-state index contributed by atoms with van der Waals surface area (Å²) in [4.78, 5) is 62.2. The summed E-state index contributed by atoms with van der Waals surface area (Å²) in [6.07, 6.45) is -5.04. The van der Waals surface area contributed by atoms with Crippen LogP contribution in [0.4, 0.5) is 0 Å². The van der Waals surface area contributed by atoms with Crippen LogP contribution in [0, 0.1) is 0 Å². The third kappa shape index (κ3) is 7.20. The summed E-state index contributed by atoms with van der Waals surface area (Å²) >= 11 is 6.63. The topological polar surface area (TPSA) is 146 Å². The van der Waals surface area contributed by atoms with E-state index in [0.717, 1.165) is 20.8 Å². The van der Waals surface area contributed by atoms with E-state index >= 15 is 0 Å². The lowest BCUT2D eigenvalue weighted by Crippen LogP contribution is -2.60. The molecule has 1 saturated heterocycles. The van der Waals surface area contributed by atoms with Crippen molar-refractivity contribution in [2.45, 2.75) is 65.3 Å². The van der Waals surface area contributed by atoms with E-state index in [0.29, 0.717) is 28.8 Å². The highest BCUT2D eigenvalue weighted by molar-refractivity contribution is 6.37. The van der Waals surface area contributed by atoms with Gasteiger partial charge in [0.05, 0.1) is 17.1 Å². The van der Waals surface area contributed by atoms with Crippen LogP contribution < -0.4 is 4.74 Å². The fourth-order valence-corrected chi connectivity index (χ4v) is 5.38. The lowest BCUT2D eigenvalue weighted by Gasteiger charge is -2.44. The normalized spacial score (nSPS) is 21.3. The first kappa shape index (κ1) is 32.5. The van der Waals surface area contributed by atoms with Gasteiger partial charge in [0.15, 0.2) is 30.3 Å². The molecule has 0 amide bonds. The molecule has 1 fully saturated rings. The number of benzene rings is 2. The van der Waals surface area contributed by atoms with Crippen molar-refractivity contribution >= 4 is 52.2 Å². The molecule has 3 aromatic rings. The Morgan fingerprint density at radius 3 is 2.02 bits per heavy atom. The second-order valence-corrected chi connectivity index (χ2v) is 10.4. The molecular weight excluding hydrogens is 598 g/mol. The average molecular weight is 630 g/mol. The summed E-state index contributed by atoms with van der Waals surface area (Å²) in [5, 5.41) is 0.655. The van der Waals surface area contributed by atoms with Crippen LogP contribution in [0.5, 0.6) is 5.75 Å². The molecule has 0 spiro atoms. The van der Waals surface area contributed by atoms with Gasteiger partial charge in [-0.3, -0.25) is 24.0 Å². The molecule has 44 heavy (non-hydrogen) atoms. The molecule has 12 nitrogen and oxygen atoms in total. The van der Waals surface area contributed by atoms with Crippen LogP contribution in [0.3, 0.4) is 0 Å². The molecule has 1 aliphatic rings. The highest BCUT2D eigenvalue weighted by atomic mass is 35.5. The van der Waals surface area contributed by atoms with Crippen molar-refractivity contribution in [2.75, 3.05) is 13.2 Å². The number of nitrogens with zero attached hydrogens (tertiary/aromatic N) is 1. The second kappa shape index (κ2) is 13.9. The molecule has 0 radical (unpaired) electrons. The lowest BCUT2D eigenvalue weighted by atomic mass is 9.97. The van der Waals surface area contributed by atoms with Crippen molar-refractivity contribution in [2.24, 2.45) is 0 Å². The highest BCUT2D eigenvalue weighted by Gasteiger charge is 2.53. The van der Waals surface area contributed by atoms with Gasteiger partial charge in [0.25, 0.3) is 0 Å². The van der Waals surface area contributed by atoms with Crippen molar-refractivity contribution in [1.29, 1.82) is 0 Å². The Hall–Kier alpha value is -4.42. The molecule has 0 bridgehead atoms. The minimum Gasteiger partial charge on any atom is -0.494 e. The standard InChI is InChI=1S/C31H32ClNO11/c1-6-39-21-12-10-20(11-13-21)27(38)22-14-33(24-9-7-8-23(32)26(22)24)31-30(43-19(5)37)29(42-18(4)36)28(41-17(3)35)25(44-31)15-40-16(2)34/h7-14,25,28-31H,6,15H2,1-5H3/t25-,28-,29+,30-,31-/m1/s1. The number of ketones is 1. The predicted octanol–water partition coefficient (Wildman–Crippen LogP) is 4.18. The van der Waals surface area contributed by atoms with Crippen LogP contribution in [-0.2, 0) is 42.9 Å². The van der Waals surface area contributed by atoms with Crippen LogP contribution in [0.1, 0.15) is 56.8 Å². The number of rotatable bonds is 10. The van der Waals surface area contributed by atoms with Crippen LogP contribution in [-0.4, -0.2) is 71.9 Å². The van der Waals surface area contributed by atoms with Gasteiger partial charge in [0.1, 0.15) is 18.5 Å². The Morgan fingerprint density at radius 1 is 0.818 bits per heavy atom. The number of carbonyl (C=O) groups excluding carboxylic acids is 5. The Bertz CT molecular complexity index is 1560. The zero-order valence-corrected chi connectivity index (χ0v) is 25.5. The number of hydrogen-bond donors (Lipinski definition) is 0. The van der Waals surface area contributed by atoms with Crippen LogP contribution in [0.15, 0.2) is 48.7 Å². The number of halogens is 1. The molecule has 0 unspecified atom stereocenters. The smallest absolute Gasteiger partial charge is 0.303 e. The van der Waals surface area contributed by atoms with Gasteiger partial charge >= 0.3 is 23.9 Å². The van der Waals surface area contributed by atoms with Crippen LogP contribution in [0.25, 0.3) is 10.9 Å². The van der Waals surface area contributed by atoms with Crippen molar-refractivity contribution in [3.63, 3.8) is 0 Å². The molecule has 234 valence electrons. The number of aromatic nitrogens is 1. The maximum atomic E-state index is 13.8. The molecule has 0 aliphatic carbocycles. The SMILES string of the molecule is CCOc1ccc(C(=O)c2cn([C@@H]3O[C@H](COC(C)=O)[C@@H](OC(C)=O)[C@H](OC(C)=O)[C@H]3OC(C)=O)c3cccc(Cl)c23)cc1. The Kier molecular flexibility index (Phi) is 10.3. The van der Waals surface area contributed by atoms with E-state index in [1.54, 1.807) is 42.5 Å².